The zero-order valence-electron chi connectivity index (χ0n) is 12.9. The van der Waals surface area contributed by atoms with Crippen LogP contribution in [0.2, 0.25) is 0 Å². The summed E-state index contributed by atoms with van der Waals surface area (Å²) in [5, 5.41) is 9.00. The van der Waals surface area contributed by atoms with Gasteiger partial charge in [-0.1, -0.05) is 0 Å². The first-order chi connectivity index (χ1) is 11.6. The zero-order chi connectivity index (χ0) is 17.1. The maximum atomic E-state index is 12.3. The van der Waals surface area contributed by atoms with E-state index in [1.807, 2.05) is 0 Å². The molecule has 24 heavy (non-hydrogen) atoms. The molecule has 1 atom stereocenters. The molecule has 1 aliphatic heterocycles. The zero-order valence-corrected chi connectivity index (χ0v) is 12.9. The molecule has 3 N–H and O–H groups in total. The predicted molar refractivity (Wildman–Crippen MR) is 82.2 cm³/mol. The van der Waals surface area contributed by atoms with Crippen LogP contribution in [0.5, 0.6) is 0 Å². The standard InChI is InChI=1S/C14H16N6O4/c1-2-24-13(23)10-6-15-14(18-10)19-12(22)8-3-11(21)20(7-8)9-4-16-17-5-9/h4-6,8H,2-3,7H2,1H3,(H,16,17)(H2,15,18,19,22)/t8-/m1/s1. The van der Waals surface area contributed by atoms with Crippen LogP contribution in [0.1, 0.15) is 23.8 Å². The number of amides is 2. The van der Waals surface area contributed by atoms with Gasteiger partial charge >= 0.3 is 5.97 Å². The average Bonchev–Trinajstić information content (AvgIpc) is 3.27. The smallest absolute Gasteiger partial charge is 0.356 e. The lowest BCUT2D eigenvalue weighted by Crippen LogP contribution is -2.28. The van der Waals surface area contributed by atoms with Crippen molar-refractivity contribution in [3.05, 3.63) is 24.3 Å². The lowest BCUT2D eigenvalue weighted by molar-refractivity contribution is -0.122. The van der Waals surface area contributed by atoms with Gasteiger partial charge in [0, 0.05) is 19.2 Å². The molecule has 0 spiro atoms. The number of aromatic nitrogens is 4. The van der Waals surface area contributed by atoms with Crippen LogP contribution in [0, 0.1) is 5.92 Å². The Kier molecular flexibility index (Phi) is 4.27. The van der Waals surface area contributed by atoms with Crippen molar-refractivity contribution in [2.45, 2.75) is 13.3 Å². The molecule has 126 valence electrons. The van der Waals surface area contributed by atoms with E-state index in [4.69, 9.17) is 4.74 Å². The Balaban J connectivity index is 1.62. The fourth-order valence-electron chi connectivity index (χ4n) is 2.44. The summed E-state index contributed by atoms with van der Waals surface area (Å²) < 4.78 is 4.83. The molecule has 10 heteroatoms. The second kappa shape index (κ2) is 6.52. The van der Waals surface area contributed by atoms with Crippen molar-refractivity contribution in [1.82, 2.24) is 20.2 Å². The number of ether oxygens (including phenoxy) is 1. The molecule has 10 nitrogen and oxygen atoms in total. The largest absolute Gasteiger partial charge is 0.461 e. The van der Waals surface area contributed by atoms with E-state index in [1.165, 1.54) is 17.3 Å². The van der Waals surface area contributed by atoms with Crippen molar-refractivity contribution in [3.63, 3.8) is 0 Å². The van der Waals surface area contributed by atoms with Gasteiger partial charge in [-0.25, -0.2) is 9.78 Å². The highest BCUT2D eigenvalue weighted by molar-refractivity contribution is 6.03. The normalized spacial score (nSPS) is 17.1. The van der Waals surface area contributed by atoms with Gasteiger partial charge in [-0.2, -0.15) is 5.10 Å². The minimum absolute atomic E-state index is 0.0997. The summed E-state index contributed by atoms with van der Waals surface area (Å²) in [5.41, 5.74) is 0.771. The highest BCUT2D eigenvalue weighted by Crippen LogP contribution is 2.24. The average molecular weight is 332 g/mol. The van der Waals surface area contributed by atoms with Crippen LogP contribution < -0.4 is 10.2 Å². The van der Waals surface area contributed by atoms with Gasteiger partial charge in [0.05, 0.1) is 30.6 Å². The number of carbonyl (C=O) groups excluding carboxylic acids is 3. The number of imidazole rings is 1. The quantitative estimate of drug-likeness (QED) is 0.674. The van der Waals surface area contributed by atoms with Crippen LogP contribution in [0.15, 0.2) is 18.6 Å². The van der Waals surface area contributed by atoms with Gasteiger partial charge in [-0.3, -0.25) is 20.0 Å². The van der Waals surface area contributed by atoms with E-state index in [-0.39, 0.29) is 43.0 Å². The molecule has 2 aromatic heterocycles. The molecular formula is C14H16N6O4. The lowest BCUT2D eigenvalue weighted by atomic mass is 10.1. The molecule has 0 aromatic carbocycles. The molecule has 1 saturated heterocycles. The maximum Gasteiger partial charge on any atom is 0.356 e. The fourth-order valence-corrected chi connectivity index (χ4v) is 2.44. The van der Waals surface area contributed by atoms with Gasteiger partial charge in [0.2, 0.25) is 17.8 Å². The first-order valence-corrected chi connectivity index (χ1v) is 7.40. The number of anilines is 2. The molecule has 0 bridgehead atoms. The molecule has 0 aliphatic carbocycles. The molecule has 0 radical (unpaired) electrons. The molecule has 3 rings (SSSR count). The minimum atomic E-state index is -0.548. The van der Waals surface area contributed by atoms with Gasteiger partial charge in [-0.05, 0) is 6.92 Å². The molecule has 1 fully saturated rings. The summed E-state index contributed by atoms with van der Waals surface area (Å²) in [6.45, 7) is 2.20. The first kappa shape index (κ1) is 15.7. The second-order valence-electron chi connectivity index (χ2n) is 5.22. The first-order valence-electron chi connectivity index (χ1n) is 7.40. The van der Waals surface area contributed by atoms with Crippen LogP contribution in [-0.4, -0.2) is 51.1 Å². The van der Waals surface area contributed by atoms with Gasteiger partial charge in [0.1, 0.15) is 5.69 Å². The van der Waals surface area contributed by atoms with Crippen molar-refractivity contribution in [1.29, 1.82) is 0 Å². The Bertz CT molecular complexity index is 753. The maximum absolute atomic E-state index is 12.3. The molecular weight excluding hydrogens is 316 g/mol. The van der Waals surface area contributed by atoms with Crippen LogP contribution >= 0.6 is 0 Å². The number of hydrogen-bond donors (Lipinski definition) is 3. The van der Waals surface area contributed by atoms with Gasteiger partial charge in [-0.15, -0.1) is 0 Å². The summed E-state index contributed by atoms with van der Waals surface area (Å²) >= 11 is 0. The van der Waals surface area contributed by atoms with E-state index in [0.717, 1.165) is 0 Å². The number of H-pyrrole nitrogens is 2. The van der Waals surface area contributed by atoms with E-state index < -0.39 is 11.9 Å². The number of nitrogens with zero attached hydrogens (tertiary/aromatic N) is 3. The van der Waals surface area contributed by atoms with Crippen molar-refractivity contribution in [3.8, 4) is 0 Å². The van der Waals surface area contributed by atoms with Crippen LogP contribution in [-0.2, 0) is 14.3 Å². The minimum Gasteiger partial charge on any atom is -0.461 e. The Labute approximate surface area is 136 Å². The third-order valence-corrected chi connectivity index (χ3v) is 3.60. The SMILES string of the molecule is CCOC(=O)c1cnc(NC(=O)[C@@H]2CC(=O)N(c3cn[nH]c3)C2)[nH]1. The Morgan fingerprint density at radius 2 is 2.29 bits per heavy atom. The van der Waals surface area contributed by atoms with Crippen LogP contribution in [0.3, 0.4) is 0 Å². The molecule has 0 saturated carbocycles. The molecule has 0 unspecified atom stereocenters. The molecule has 2 aromatic rings. The Morgan fingerprint density at radius 3 is 3.00 bits per heavy atom. The number of aromatic amines is 2. The van der Waals surface area contributed by atoms with Gasteiger partial charge in [0.15, 0.2) is 0 Å². The number of carbonyl (C=O) groups is 3. The second-order valence-corrected chi connectivity index (χ2v) is 5.22. The van der Waals surface area contributed by atoms with Gasteiger partial charge < -0.3 is 14.6 Å². The summed E-state index contributed by atoms with van der Waals surface area (Å²) in [7, 11) is 0. The fraction of sp³-hybridized carbons (Fsp3) is 0.357. The summed E-state index contributed by atoms with van der Waals surface area (Å²) in [6.07, 6.45) is 4.50. The van der Waals surface area contributed by atoms with E-state index >= 15 is 0 Å². The topological polar surface area (TPSA) is 133 Å². The van der Waals surface area contributed by atoms with Crippen molar-refractivity contribution in [2.75, 3.05) is 23.4 Å². The highest BCUT2D eigenvalue weighted by atomic mass is 16.5. The number of hydrogen-bond acceptors (Lipinski definition) is 6. The summed E-state index contributed by atoms with van der Waals surface area (Å²) in [5.74, 6) is -1.42. The van der Waals surface area contributed by atoms with Gasteiger partial charge in [0.25, 0.3) is 0 Å². The van der Waals surface area contributed by atoms with E-state index in [2.05, 4.69) is 25.5 Å². The Hall–Kier alpha value is -3.17. The summed E-state index contributed by atoms with van der Waals surface area (Å²) in [4.78, 5) is 44.0. The summed E-state index contributed by atoms with van der Waals surface area (Å²) in [6, 6.07) is 0. The third kappa shape index (κ3) is 3.12. The van der Waals surface area contributed by atoms with Crippen LogP contribution in [0.4, 0.5) is 11.6 Å². The molecule has 2 amide bonds. The van der Waals surface area contributed by atoms with E-state index in [9.17, 15) is 14.4 Å². The molecule has 1 aliphatic rings. The van der Waals surface area contributed by atoms with Crippen molar-refractivity contribution >= 4 is 29.4 Å². The van der Waals surface area contributed by atoms with Crippen molar-refractivity contribution < 1.29 is 19.1 Å². The van der Waals surface area contributed by atoms with E-state index in [0.29, 0.717) is 5.69 Å². The Morgan fingerprint density at radius 1 is 1.46 bits per heavy atom. The third-order valence-electron chi connectivity index (χ3n) is 3.60. The van der Waals surface area contributed by atoms with Crippen LogP contribution in [0.25, 0.3) is 0 Å². The van der Waals surface area contributed by atoms with E-state index in [1.54, 1.807) is 13.1 Å². The highest BCUT2D eigenvalue weighted by Gasteiger charge is 2.35. The predicted octanol–water partition coefficient (Wildman–Crippen LogP) is 0.301. The lowest BCUT2D eigenvalue weighted by Gasteiger charge is -2.13. The molecule has 3 heterocycles. The number of rotatable bonds is 5. The number of esters is 1. The monoisotopic (exact) mass is 332 g/mol. The number of nitrogens with one attached hydrogen (secondary N) is 3. The van der Waals surface area contributed by atoms with Crippen molar-refractivity contribution in [2.24, 2.45) is 5.92 Å².